The summed E-state index contributed by atoms with van der Waals surface area (Å²) in [5, 5.41) is 11.7. The molecule has 2 N–H and O–H groups in total. The molecule has 0 spiro atoms. The minimum Gasteiger partial charge on any atom is -0.481 e. The summed E-state index contributed by atoms with van der Waals surface area (Å²) >= 11 is 0. The maximum absolute atomic E-state index is 12.7. The minimum absolute atomic E-state index is 0.0616. The molecule has 0 saturated carbocycles. The van der Waals surface area contributed by atoms with E-state index in [1.54, 1.807) is 11.8 Å². The minimum atomic E-state index is -4.48. The predicted octanol–water partition coefficient (Wildman–Crippen LogP) is 3.08. The van der Waals surface area contributed by atoms with E-state index in [4.69, 9.17) is 0 Å². The van der Waals surface area contributed by atoms with E-state index >= 15 is 0 Å². The van der Waals surface area contributed by atoms with Crippen LogP contribution in [0.1, 0.15) is 25.8 Å². The fourth-order valence-corrected chi connectivity index (χ4v) is 3.07. The fraction of sp³-hybridized carbons (Fsp3) is 0.529. The van der Waals surface area contributed by atoms with Gasteiger partial charge in [-0.25, -0.2) is 0 Å². The van der Waals surface area contributed by atoms with Crippen LogP contribution in [-0.2, 0) is 15.8 Å². The molecule has 0 radical (unpaired) electrons. The van der Waals surface area contributed by atoms with Crippen molar-refractivity contribution in [2.24, 2.45) is 11.8 Å². The van der Waals surface area contributed by atoms with Crippen molar-refractivity contribution in [1.82, 2.24) is 4.90 Å². The quantitative estimate of drug-likeness (QED) is 0.868. The lowest BCUT2D eigenvalue weighted by Gasteiger charge is -2.37. The Labute approximate surface area is 143 Å². The van der Waals surface area contributed by atoms with Gasteiger partial charge in [0.25, 0.3) is 0 Å². The molecule has 2 rings (SSSR count). The summed E-state index contributed by atoms with van der Waals surface area (Å²) in [7, 11) is 0. The Morgan fingerprint density at radius 2 is 2.00 bits per heavy atom. The SMILES string of the molecule is CC1CC(C(=O)O)CN(C(C)C(=O)Nc2cccc(C(F)(F)F)c2)C1. The van der Waals surface area contributed by atoms with Gasteiger partial charge in [0, 0.05) is 18.8 Å². The molecule has 0 aliphatic carbocycles. The van der Waals surface area contributed by atoms with Crippen molar-refractivity contribution in [3.05, 3.63) is 29.8 Å². The molecule has 138 valence electrons. The first-order valence-electron chi connectivity index (χ1n) is 8.03. The van der Waals surface area contributed by atoms with Gasteiger partial charge in [0.15, 0.2) is 0 Å². The number of anilines is 1. The number of likely N-dealkylation sites (tertiary alicyclic amines) is 1. The van der Waals surface area contributed by atoms with Crippen LogP contribution in [0.25, 0.3) is 0 Å². The third kappa shape index (κ3) is 4.94. The van der Waals surface area contributed by atoms with Crippen LogP contribution in [-0.4, -0.2) is 41.0 Å². The highest BCUT2D eigenvalue weighted by Gasteiger charge is 2.34. The van der Waals surface area contributed by atoms with Gasteiger partial charge in [0.2, 0.25) is 5.91 Å². The molecule has 3 unspecified atom stereocenters. The number of hydrogen-bond donors (Lipinski definition) is 2. The van der Waals surface area contributed by atoms with Crippen molar-refractivity contribution < 1.29 is 27.9 Å². The monoisotopic (exact) mass is 358 g/mol. The largest absolute Gasteiger partial charge is 0.481 e. The van der Waals surface area contributed by atoms with Crippen LogP contribution in [0.2, 0.25) is 0 Å². The number of aliphatic carboxylic acids is 1. The van der Waals surface area contributed by atoms with Crippen molar-refractivity contribution in [3.8, 4) is 0 Å². The van der Waals surface area contributed by atoms with E-state index in [1.165, 1.54) is 12.1 Å². The third-order valence-electron chi connectivity index (χ3n) is 4.42. The number of carbonyl (C=O) groups is 2. The Bertz CT molecular complexity index is 648. The molecule has 1 fully saturated rings. The van der Waals surface area contributed by atoms with Crippen molar-refractivity contribution in [2.45, 2.75) is 32.5 Å². The molecule has 1 aromatic carbocycles. The Hall–Kier alpha value is -2.09. The van der Waals surface area contributed by atoms with Crippen molar-refractivity contribution in [3.63, 3.8) is 0 Å². The van der Waals surface area contributed by atoms with E-state index in [2.05, 4.69) is 5.32 Å². The molecule has 3 atom stereocenters. The van der Waals surface area contributed by atoms with E-state index in [1.807, 2.05) is 6.92 Å². The topological polar surface area (TPSA) is 69.6 Å². The summed E-state index contributed by atoms with van der Waals surface area (Å²) in [6.07, 6.45) is -3.93. The molecule has 1 aromatic rings. The molecule has 1 aliphatic heterocycles. The first kappa shape index (κ1) is 19.2. The highest BCUT2D eigenvalue weighted by atomic mass is 19.4. The molecule has 0 bridgehead atoms. The van der Waals surface area contributed by atoms with Crippen LogP contribution in [0.15, 0.2) is 24.3 Å². The Kier molecular flexibility index (Phi) is 5.72. The molecule has 1 saturated heterocycles. The van der Waals surface area contributed by atoms with E-state index in [0.29, 0.717) is 13.0 Å². The lowest BCUT2D eigenvalue weighted by atomic mass is 9.89. The molecule has 8 heteroatoms. The van der Waals surface area contributed by atoms with E-state index in [9.17, 15) is 27.9 Å². The third-order valence-corrected chi connectivity index (χ3v) is 4.42. The predicted molar refractivity (Wildman–Crippen MR) is 86.0 cm³/mol. The number of piperidine rings is 1. The number of rotatable bonds is 4. The zero-order chi connectivity index (χ0) is 18.8. The first-order chi connectivity index (χ1) is 11.6. The summed E-state index contributed by atoms with van der Waals surface area (Å²) in [5.41, 5.74) is -0.776. The second-order valence-electron chi connectivity index (χ2n) is 6.57. The molecule has 1 heterocycles. The van der Waals surface area contributed by atoms with E-state index in [-0.39, 0.29) is 18.2 Å². The second kappa shape index (κ2) is 7.43. The van der Waals surface area contributed by atoms with E-state index in [0.717, 1.165) is 12.1 Å². The summed E-state index contributed by atoms with van der Waals surface area (Å²) < 4.78 is 38.2. The van der Waals surface area contributed by atoms with Crippen LogP contribution in [0.4, 0.5) is 18.9 Å². The van der Waals surface area contributed by atoms with Crippen molar-refractivity contribution >= 4 is 17.6 Å². The zero-order valence-electron chi connectivity index (χ0n) is 14.0. The number of halogens is 3. The van der Waals surface area contributed by atoms with E-state index < -0.39 is 35.6 Å². The maximum atomic E-state index is 12.7. The van der Waals surface area contributed by atoms with Gasteiger partial charge in [-0.3, -0.25) is 14.5 Å². The number of carboxylic acids is 1. The number of amides is 1. The lowest BCUT2D eigenvalue weighted by molar-refractivity contribution is -0.145. The molecular formula is C17H21F3N2O3. The highest BCUT2D eigenvalue weighted by molar-refractivity contribution is 5.94. The zero-order valence-corrected chi connectivity index (χ0v) is 14.0. The molecule has 25 heavy (non-hydrogen) atoms. The number of carboxylic acid groups (broad SMARTS) is 1. The van der Waals surface area contributed by atoms with Crippen LogP contribution in [0, 0.1) is 11.8 Å². The van der Waals surface area contributed by atoms with Gasteiger partial charge in [-0.15, -0.1) is 0 Å². The van der Waals surface area contributed by atoms with Crippen molar-refractivity contribution in [2.75, 3.05) is 18.4 Å². The van der Waals surface area contributed by atoms with Crippen molar-refractivity contribution in [1.29, 1.82) is 0 Å². The summed E-state index contributed by atoms with van der Waals surface area (Å²) in [4.78, 5) is 25.4. The molecule has 1 aliphatic rings. The number of alkyl halides is 3. The average Bonchev–Trinajstić information content (AvgIpc) is 2.52. The number of benzene rings is 1. The summed E-state index contributed by atoms with van der Waals surface area (Å²) in [6, 6.07) is 3.79. The van der Waals surface area contributed by atoms with Crippen LogP contribution >= 0.6 is 0 Å². The lowest BCUT2D eigenvalue weighted by Crippen LogP contribution is -2.50. The van der Waals surface area contributed by atoms with Gasteiger partial charge in [-0.05, 0) is 37.5 Å². The smallest absolute Gasteiger partial charge is 0.416 e. The standard InChI is InChI=1S/C17H21F3N2O3/c1-10-6-12(16(24)25)9-22(8-10)11(2)15(23)21-14-5-3-4-13(7-14)17(18,19)20/h3-5,7,10-12H,6,8-9H2,1-2H3,(H,21,23)(H,24,25). The van der Waals surface area contributed by atoms with Gasteiger partial charge in [0.1, 0.15) is 0 Å². The Balaban J connectivity index is 2.06. The normalized spacial score (nSPS) is 23.1. The van der Waals surface area contributed by atoms with Crippen LogP contribution in [0.3, 0.4) is 0 Å². The number of nitrogens with zero attached hydrogens (tertiary/aromatic N) is 1. The summed E-state index contributed by atoms with van der Waals surface area (Å²) in [5.74, 6) is -1.79. The molecule has 5 nitrogen and oxygen atoms in total. The first-order valence-corrected chi connectivity index (χ1v) is 8.03. The van der Waals surface area contributed by atoms with Gasteiger partial charge in [-0.2, -0.15) is 13.2 Å². The number of hydrogen-bond acceptors (Lipinski definition) is 3. The fourth-order valence-electron chi connectivity index (χ4n) is 3.07. The van der Waals surface area contributed by atoms with Crippen LogP contribution < -0.4 is 5.32 Å². The Morgan fingerprint density at radius 3 is 2.60 bits per heavy atom. The van der Waals surface area contributed by atoms with Gasteiger partial charge in [-0.1, -0.05) is 13.0 Å². The molecular weight excluding hydrogens is 337 g/mol. The number of carbonyl (C=O) groups excluding carboxylic acids is 1. The van der Waals surface area contributed by atoms with Gasteiger partial charge < -0.3 is 10.4 Å². The molecule has 1 amide bonds. The van der Waals surface area contributed by atoms with Crippen LogP contribution in [0.5, 0.6) is 0 Å². The highest BCUT2D eigenvalue weighted by Crippen LogP contribution is 2.31. The van der Waals surface area contributed by atoms with Gasteiger partial charge >= 0.3 is 12.1 Å². The number of nitrogens with one attached hydrogen (secondary N) is 1. The Morgan fingerprint density at radius 1 is 1.32 bits per heavy atom. The van der Waals surface area contributed by atoms with Gasteiger partial charge in [0.05, 0.1) is 17.5 Å². The average molecular weight is 358 g/mol. The molecule has 0 aromatic heterocycles. The second-order valence-corrected chi connectivity index (χ2v) is 6.57. The maximum Gasteiger partial charge on any atom is 0.416 e. The summed E-state index contributed by atoms with van der Waals surface area (Å²) in [6.45, 7) is 4.36.